The van der Waals surface area contributed by atoms with E-state index in [-0.39, 0.29) is 18.4 Å². The molecule has 1 amide bonds. The summed E-state index contributed by atoms with van der Waals surface area (Å²) in [6.07, 6.45) is -2.44. The minimum Gasteiger partial charge on any atom is -0.463 e. The molecule has 0 aromatic heterocycles. The topological polar surface area (TPSA) is 100 Å². The predicted molar refractivity (Wildman–Crippen MR) is 93.9 cm³/mol. The first-order chi connectivity index (χ1) is 11.9. The maximum atomic E-state index is 12.0. The monoisotopic (exact) mass is 433 g/mol. The minimum atomic E-state index is -1.75. The van der Waals surface area contributed by atoms with Gasteiger partial charge in [-0.15, -0.1) is 0 Å². The molecule has 8 nitrogen and oxygen atoms in total. The van der Waals surface area contributed by atoms with E-state index in [1.807, 2.05) is 13.8 Å². The number of rotatable bonds is 5. The van der Waals surface area contributed by atoms with Crippen molar-refractivity contribution < 1.29 is 33.3 Å². The second-order valence-electron chi connectivity index (χ2n) is 6.03. The molecule has 1 N–H and O–H groups in total. The highest BCUT2D eigenvalue weighted by molar-refractivity contribution is 6.67. The highest BCUT2D eigenvalue weighted by atomic mass is 35.6. The second-order valence-corrected chi connectivity index (χ2v) is 8.55. The predicted octanol–water partition coefficient (Wildman–Crippen LogP) is 2.57. The molecule has 0 bridgehead atoms. The van der Waals surface area contributed by atoms with E-state index in [0.29, 0.717) is 0 Å². The van der Waals surface area contributed by atoms with E-state index in [2.05, 4.69) is 5.32 Å². The first-order valence-electron chi connectivity index (χ1n) is 7.86. The Morgan fingerprint density at radius 1 is 1.04 bits per heavy atom. The van der Waals surface area contributed by atoms with Gasteiger partial charge in [-0.2, -0.15) is 0 Å². The molecule has 0 radical (unpaired) electrons. The number of hydrogen-bond acceptors (Lipinski definition) is 7. The van der Waals surface area contributed by atoms with Crippen molar-refractivity contribution in [2.45, 2.75) is 49.9 Å². The van der Waals surface area contributed by atoms with Crippen LogP contribution in [-0.4, -0.2) is 53.5 Å². The van der Waals surface area contributed by atoms with Gasteiger partial charge < -0.3 is 24.3 Å². The second kappa shape index (κ2) is 9.82. The molecule has 1 aliphatic rings. The standard InChI is InChI=1S/C15H22Cl3NO7/c1-7-8(2)12(19-14(22)24-6-15(16,17)18)13(25-10(4)21)26-11(7)5-23-9(3)20/h7-8,11-13H,5-6H2,1-4H3,(H,19,22)/t7-,8-,11?,12?,13+/m0/s1. The number of carbonyl (C=O) groups excluding carboxylic acids is 3. The average molecular weight is 435 g/mol. The molecule has 1 rings (SSSR count). The van der Waals surface area contributed by atoms with Gasteiger partial charge in [0.2, 0.25) is 10.1 Å². The number of esters is 2. The zero-order valence-corrected chi connectivity index (χ0v) is 17.1. The van der Waals surface area contributed by atoms with Gasteiger partial charge in [-0.3, -0.25) is 9.59 Å². The lowest BCUT2D eigenvalue weighted by molar-refractivity contribution is -0.238. The van der Waals surface area contributed by atoms with Crippen LogP contribution in [-0.2, 0) is 28.5 Å². The summed E-state index contributed by atoms with van der Waals surface area (Å²) in [7, 11) is 0. The molecule has 0 spiro atoms. The Kier molecular flexibility index (Phi) is 8.72. The van der Waals surface area contributed by atoms with Crippen molar-refractivity contribution in [3.8, 4) is 0 Å². The van der Waals surface area contributed by atoms with Crippen LogP contribution in [0.4, 0.5) is 4.79 Å². The lowest BCUT2D eigenvalue weighted by Crippen LogP contribution is -2.59. The Morgan fingerprint density at radius 2 is 1.65 bits per heavy atom. The van der Waals surface area contributed by atoms with E-state index in [9.17, 15) is 14.4 Å². The van der Waals surface area contributed by atoms with Crippen LogP contribution >= 0.6 is 34.8 Å². The fourth-order valence-corrected chi connectivity index (χ4v) is 2.64. The van der Waals surface area contributed by atoms with E-state index in [1.54, 1.807) is 0 Å². The summed E-state index contributed by atoms with van der Waals surface area (Å²) in [5.41, 5.74) is 0. The molecule has 11 heteroatoms. The summed E-state index contributed by atoms with van der Waals surface area (Å²) in [5, 5.41) is 2.57. The highest BCUT2D eigenvalue weighted by Crippen LogP contribution is 2.32. The van der Waals surface area contributed by atoms with Gasteiger partial charge in [-0.05, 0) is 11.8 Å². The summed E-state index contributed by atoms with van der Waals surface area (Å²) in [6, 6.07) is -0.703. The molecule has 5 atom stereocenters. The highest BCUT2D eigenvalue weighted by Gasteiger charge is 2.44. The molecule has 1 fully saturated rings. The van der Waals surface area contributed by atoms with Gasteiger partial charge in [0.15, 0.2) is 0 Å². The largest absolute Gasteiger partial charge is 0.463 e. The lowest BCUT2D eigenvalue weighted by atomic mass is 9.82. The number of nitrogens with one attached hydrogen (secondary N) is 1. The Bertz CT molecular complexity index is 526. The van der Waals surface area contributed by atoms with Crippen LogP contribution in [0, 0.1) is 11.8 Å². The van der Waals surface area contributed by atoms with Crippen molar-refractivity contribution in [1.29, 1.82) is 0 Å². The number of halogens is 3. The molecule has 1 aliphatic heterocycles. The van der Waals surface area contributed by atoms with Crippen LogP contribution in [0.3, 0.4) is 0 Å². The quantitative estimate of drug-likeness (QED) is 0.403. The molecule has 26 heavy (non-hydrogen) atoms. The Balaban J connectivity index is 2.81. The summed E-state index contributed by atoms with van der Waals surface area (Å²) >= 11 is 16.6. The van der Waals surface area contributed by atoms with Crippen molar-refractivity contribution in [3.05, 3.63) is 0 Å². The van der Waals surface area contributed by atoms with E-state index in [1.165, 1.54) is 13.8 Å². The van der Waals surface area contributed by atoms with E-state index in [0.717, 1.165) is 0 Å². The Hall–Kier alpha value is -0.960. The van der Waals surface area contributed by atoms with Gasteiger partial charge in [0.1, 0.15) is 13.2 Å². The average Bonchev–Trinajstić information content (AvgIpc) is 2.49. The third-order valence-corrected chi connectivity index (χ3v) is 4.30. The van der Waals surface area contributed by atoms with Crippen LogP contribution in [0.1, 0.15) is 27.7 Å². The van der Waals surface area contributed by atoms with Gasteiger partial charge in [0.05, 0.1) is 12.1 Å². The first-order valence-corrected chi connectivity index (χ1v) is 9.00. The molecular formula is C15H22Cl3NO7. The first kappa shape index (κ1) is 23.1. The van der Waals surface area contributed by atoms with Crippen molar-refractivity contribution in [2.75, 3.05) is 13.2 Å². The third kappa shape index (κ3) is 7.73. The number of alkyl halides is 3. The molecule has 0 aromatic carbocycles. The maximum absolute atomic E-state index is 12.0. The van der Waals surface area contributed by atoms with Gasteiger partial charge in [0.25, 0.3) is 0 Å². The van der Waals surface area contributed by atoms with E-state index in [4.69, 9.17) is 53.8 Å². The minimum absolute atomic E-state index is 0.00301. The van der Waals surface area contributed by atoms with Crippen molar-refractivity contribution >= 4 is 52.8 Å². The Labute approximate surface area is 166 Å². The molecule has 0 aromatic rings. The summed E-state index contributed by atoms with van der Waals surface area (Å²) in [4.78, 5) is 34.4. The van der Waals surface area contributed by atoms with Crippen LogP contribution in [0.5, 0.6) is 0 Å². The van der Waals surface area contributed by atoms with Gasteiger partial charge >= 0.3 is 18.0 Å². The summed E-state index contributed by atoms with van der Waals surface area (Å²) in [5.74, 6) is -1.37. The van der Waals surface area contributed by atoms with Crippen LogP contribution in [0.2, 0.25) is 0 Å². The van der Waals surface area contributed by atoms with Crippen LogP contribution < -0.4 is 5.32 Å². The van der Waals surface area contributed by atoms with Gasteiger partial charge in [-0.1, -0.05) is 48.7 Å². The molecular weight excluding hydrogens is 413 g/mol. The van der Waals surface area contributed by atoms with Crippen molar-refractivity contribution in [3.63, 3.8) is 0 Å². The fourth-order valence-electron chi connectivity index (χ4n) is 2.47. The fraction of sp³-hybridized carbons (Fsp3) is 0.800. The smallest absolute Gasteiger partial charge is 0.407 e. The molecule has 1 heterocycles. The maximum Gasteiger partial charge on any atom is 0.407 e. The van der Waals surface area contributed by atoms with Crippen molar-refractivity contribution in [1.82, 2.24) is 5.32 Å². The molecule has 0 aliphatic carbocycles. The molecule has 150 valence electrons. The molecule has 1 saturated heterocycles. The van der Waals surface area contributed by atoms with Gasteiger partial charge in [0, 0.05) is 13.8 Å². The number of amides is 1. The van der Waals surface area contributed by atoms with Crippen molar-refractivity contribution in [2.24, 2.45) is 11.8 Å². The van der Waals surface area contributed by atoms with E-state index >= 15 is 0 Å². The van der Waals surface area contributed by atoms with Crippen LogP contribution in [0.15, 0.2) is 0 Å². The lowest BCUT2D eigenvalue weighted by Gasteiger charge is -2.43. The number of ether oxygens (including phenoxy) is 4. The zero-order valence-electron chi connectivity index (χ0n) is 14.8. The summed E-state index contributed by atoms with van der Waals surface area (Å²) in [6.45, 7) is 5.75. The van der Waals surface area contributed by atoms with Gasteiger partial charge in [-0.25, -0.2) is 4.79 Å². The SMILES string of the molecule is CC(=O)OCC1O[C@@H](OC(C)=O)C(NC(=O)OCC(Cl)(Cl)Cl)[C@@H](C)[C@@H]1C. The molecule has 0 saturated carbocycles. The number of carbonyl (C=O) groups is 3. The third-order valence-electron chi connectivity index (χ3n) is 3.97. The van der Waals surface area contributed by atoms with Crippen LogP contribution in [0.25, 0.3) is 0 Å². The summed E-state index contributed by atoms with van der Waals surface area (Å²) < 4.78 is 19.0. The number of alkyl carbamates (subject to hydrolysis) is 1. The van der Waals surface area contributed by atoms with E-state index < -0.39 is 46.9 Å². The normalized spacial score (nSPS) is 28.8. The molecule has 2 unspecified atom stereocenters. The zero-order chi connectivity index (χ0) is 20.1. The number of hydrogen-bond donors (Lipinski definition) is 1. The Morgan fingerprint density at radius 3 is 2.15 bits per heavy atom.